The van der Waals surface area contributed by atoms with E-state index in [1.165, 1.54) is 0 Å². The van der Waals surface area contributed by atoms with Crippen LogP contribution in [-0.2, 0) is 4.79 Å². The Labute approximate surface area is 213 Å². The van der Waals surface area contributed by atoms with E-state index in [2.05, 4.69) is 51.8 Å². The fourth-order valence-corrected chi connectivity index (χ4v) is 4.42. The number of likely N-dealkylation sites (N-methyl/N-ethyl adjacent to an activating group) is 1. The number of anilines is 1. The highest BCUT2D eigenvalue weighted by atomic mass is 127. The van der Waals surface area contributed by atoms with E-state index in [0.717, 1.165) is 34.9 Å². The van der Waals surface area contributed by atoms with Gasteiger partial charge in [-0.05, 0) is 36.3 Å². The lowest BCUT2D eigenvalue weighted by Crippen LogP contribution is -2.44. The van der Waals surface area contributed by atoms with Gasteiger partial charge in [0.2, 0.25) is 5.91 Å². The number of amides is 1. The molecule has 8 heteroatoms. The number of aliphatic imine (C=N–C) groups is 1. The average molecular weight is 570 g/mol. The van der Waals surface area contributed by atoms with Crippen molar-refractivity contribution < 1.29 is 4.79 Å². The third-order valence-corrected chi connectivity index (χ3v) is 6.17. The Kier molecular flexibility index (Phi) is 10.7. The van der Waals surface area contributed by atoms with Crippen LogP contribution in [-0.4, -0.2) is 50.0 Å². The first kappa shape index (κ1) is 26.4. The molecule has 1 aliphatic heterocycles. The number of carbonyl (C=O) groups is 1. The Morgan fingerprint density at radius 2 is 1.84 bits per heavy atom. The number of fused-ring (bicyclic) bond motifs is 1. The summed E-state index contributed by atoms with van der Waals surface area (Å²) in [4.78, 5) is 18.9. The Hall–Kier alpha value is -1.84. The second-order valence-electron chi connectivity index (χ2n) is 7.63. The molecule has 2 aromatic rings. The van der Waals surface area contributed by atoms with Crippen LogP contribution in [0.3, 0.4) is 0 Å². The monoisotopic (exact) mass is 569 g/mol. The van der Waals surface area contributed by atoms with Crippen molar-refractivity contribution >= 4 is 53.1 Å². The number of hydrogen-bond acceptors (Lipinski definition) is 3. The second kappa shape index (κ2) is 13.0. The van der Waals surface area contributed by atoms with Crippen LogP contribution < -0.4 is 16.0 Å². The van der Waals surface area contributed by atoms with Gasteiger partial charge >= 0.3 is 0 Å². The van der Waals surface area contributed by atoms with E-state index in [0.29, 0.717) is 25.5 Å². The van der Waals surface area contributed by atoms with E-state index in [9.17, 15) is 4.79 Å². The largest absolute Gasteiger partial charge is 0.356 e. The average Bonchev–Trinajstić information content (AvgIpc) is 2.78. The van der Waals surface area contributed by atoms with Gasteiger partial charge in [0.25, 0.3) is 0 Å². The van der Waals surface area contributed by atoms with Crippen LogP contribution in [0.1, 0.15) is 43.4 Å². The number of benzene rings is 2. The molecule has 1 heterocycles. The highest BCUT2D eigenvalue weighted by molar-refractivity contribution is 14.0. The van der Waals surface area contributed by atoms with Crippen LogP contribution in [0.15, 0.2) is 53.5 Å². The molecular formula is C24H33ClIN5O. The highest BCUT2D eigenvalue weighted by Crippen LogP contribution is 2.31. The lowest BCUT2D eigenvalue weighted by atomic mass is 9.90. The molecule has 174 valence electrons. The number of carbonyl (C=O) groups excluding carboxylic acids is 1. The van der Waals surface area contributed by atoms with Crippen molar-refractivity contribution in [1.29, 1.82) is 0 Å². The van der Waals surface area contributed by atoms with E-state index >= 15 is 0 Å². The molecule has 2 aromatic carbocycles. The molecule has 32 heavy (non-hydrogen) atoms. The summed E-state index contributed by atoms with van der Waals surface area (Å²) in [6.45, 7) is 7.47. The molecule has 2 atom stereocenters. The van der Waals surface area contributed by atoms with Gasteiger partial charge in [-0.1, -0.05) is 61.8 Å². The summed E-state index contributed by atoms with van der Waals surface area (Å²) in [5.74, 6) is 0.868. The van der Waals surface area contributed by atoms with Crippen molar-refractivity contribution in [2.45, 2.75) is 32.2 Å². The Morgan fingerprint density at radius 3 is 2.53 bits per heavy atom. The molecule has 0 radical (unpaired) electrons. The van der Waals surface area contributed by atoms with Gasteiger partial charge in [-0.15, -0.1) is 24.0 Å². The fourth-order valence-electron chi connectivity index (χ4n) is 4.16. The first-order chi connectivity index (χ1) is 15.1. The molecule has 3 N–H and O–H groups in total. The zero-order valence-corrected chi connectivity index (χ0v) is 22.0. The maximum Gasteiger partial charge on any atom is 0.225 e. The summed E-state index contributed by atoms with van der Waals surface area (Å²) in [7, 11) is 1.76. The summed E-state index contributed by atoms with van der Waals surface area (Å²) in [6.07, 6.45) is 0.461. The van der Waals surface area contributed by atoms with Crippen molar-refractivity contribution in [2.75, 3.05) is 38.5 Å². The summed E-state index contributed by atoms with van der Waals surface area (Å²) < 4.78 is 0. The van der Waals surface area contributed by atoms with Gasteiger partial charge in [0.1, 0.15) is 0 Å². The number of guanidine groups is 1. The van der Waals surface area contributed by atoms with Gasteiger partial charge < -0.3 is 16.0 Å². The van der Waals surface area contributed by atoms with Crippen LogP contribution in [0.25, 0.3) is 0 Å². The van der Waals surface area contributed by atoms with Crippen LogP contribution in [0, 0.1) is 0 Å². The lowest BCUT2D eigenvalue weighted by Gasteiger charge is -2.31. The molecular weight excluding hydrogens is 537 g/mol. The van der Waals surface area contributed by atoms with Crippen molar-refractivity contribution in [3.63, 3.8) is 0 Å². The third-order valence-electron chi connectivity index (χ3n) is 5.83. The predicted octanol–water partition coefficient (Wildman–Crippen LogP) is 4.63. The second-order valence-corrected chi connectivity index (χ2v) is 8.04. The van der Waals surface area contributed by atoms with Gasteiger partial charge in [-0.2, -0.15) is 0 Å². The molecule has 0 aromatic heterocycles. The van der Waals surface area contributed by atoms with Gasteiger partial charge in [-0.3, -0.25) is 14.7 Å². The van der Waals surface area contributed by atoms with Crippen LogP contribution in [0.2, 0.25) is 5.02 Å². The molecule has 2 unspecified atom stereocenters. The first-order valence-electron chi connectivity index (χ1n) is 10.9. The van der Waals surface area contributed by atoms with E-state index in [1.807, 2.05) is 36.4 Å². The maximum atomic E-state index is 12.1. The van der Waals surface area contributed by atoms with Crippen LogP contribution in [0.5, 0.6) is 0 Å². The zero-order chi connectivity index (χ0) is 22.2. The maximum absolute atomic E-state index is 12.1. The smallest absolute Gasteiger partial charge is 0.225 e. The topological polar surface area (TPSA) is 68.8 Å². The number of para-hydroxylation sites is 1. The van der Waals surface area contributed by atoms with Gasteiger partial charge in [-0.25, -0.2) is 0 Å². The number of nitrogens with zero attached hydrogens (tertiary/aromatic N) is 2. The fraction of sp³-hybridized carbons (Fsp3) is 0.417. The number of halogens is 2. The van der Waals surface area contributed by atoms with Gasteiger partial charge in [0.05, 0.1) is 6.04 Å². The minimum Gasteiger partial charge on any atom is -0.356 e. The van der Waals surface area contributed by atoms with Crippen LogP contribution >= 0.6 is 35.6 Å². The molecule has 0 saturated heterocycles. The number of hydrogen-bond donors (Lipinski definition) is 3. The van der Waals surface area contributed by atoms with Crippen molar-refractivity contribution in [3.8, 4) is 0 Å². The molecule has 0 spiro atoms. The molecule has 0 aliphatic carbocycles. The minimum absolute atomic E-state index is 0. The molecule has 0 fully saturated rings. The molecule has 3 rings (SSSR count). The molecule has 0 saturated carbocycles. The molecule has 6 nitrogen and oxygen atoms in total. The quantitative estimate of drug-likeness (QED) is 0.246. The van der Waals surface area contributed by atoms with Crippen molar-refractivity contribution in [2.24, 2.45) is 4.99 Å². The Bertz CT molecular complexity index is 919. The van der Waals surface area contributed by atoms with Crippen molar-refractivity contribution in [1.82, 2.24) is 15.5 Å². The van der Waals surface area contributed by atoms with E-state index < -0.39 is 0 Å². The highest BCUT2D eigenvalue weighted by Gasteiger charge is 2.25. The SMILES string of the molecule is CCN(CC)C(CNC(=NC)NCC1CC(=O)Nc2ccccc21)c1ccccc1Cl.I. The standard InChI is InChI=1S/C24H32ClN5O.HI/c1-4-30(5-2)22(19-11-6-8-12-20(19)25)16-28-24(26-3)27-15-17-14-23(31)29-21-13-9-7-10-18(17)21;/h6-13,17,22H,4-5,14-16H2,1-3H3,(H,29,31)(H2,26,27,28);1H. The molecule has 1 amide bonds. The summed E-state index contributed by atoms with van der Waals surface area (Å²) in [5.41, 5.74) is 3.16. The van der Waals surface area contributed by atoms with E-state index in [4.69, 9.17) is 11.6 Å². The summed E-state index contributed by atoms with van der Waals surface area (Å²) >= 11 is 6.51. The van der Waals surface area contributed by atoms with Gasteiger partial charge in [0, 0.05) is 43.2 Å². The Morgan fingerprint density at radius 1 is 1.16 bits per heavy atom. The van der Waals surface area contributed by atoms with Crippen molar-refractivity contribution in [3.05, 3.63) is 64.7 Å². The van der Waals surface area contributed by atoms with Crippen LogP contribution in [0.4, 0.5) is 5.69 Å². The number of nitrogens with one attached hydrogen (secondary N) is 3. The first-order valence-corrected chi connectivity index (χ1v) is 11.3. The predicted molar refractivity (Wildman–Crippen MR) is 144 cm³/mol. The molecule has 0 bridgehead atoms. The van der Waals surface area contributed by atoms with Gasteiger partial charge in [0.15, 0.2) is 5.96 Å². The zero-order valence-electron chi connectivity index (χ0n) is 18.9. The van der Waals surface area contributed by atoms with E-state index in [1.54, 1.807) is 7.05 Å². The molecule has 1 aliphatic rings. The third kappa shape index (κ3) is 6.59. The lowest BCUT2D eigenvalue weighted by molar-refractivity contribution is -0.116. The number of rotatable bonds is 8. The summed E-state index contributed by atoms with van der Waals surface area (Å²) in [6, 6.07) is 16.1. The van der Waals surface area contributed by atoms with E-state index in [-0.39, 0.29) is 41.8 Å². The summed E-state index contributed by atoms with van der Waals surface area (Å²) in [5, 5.41) is 10.6. The Balaban J connectivity index is 0.00000363. The normalized spacial score (nSPS) is 16.6. The minimum atomic E-state index is 0.